The van der Waals surface area contributed by atoms with Crippen molar-refractivity contribution < 1.29 is 13.2 Å². The number of nitrogens with zero attached hydrogens (tertiary/aromatic N) is 1. The Bertz CT molecular complexity index is 751. The van der Waals surface area contributed by atoms with Crippen LogP contribution in [0.4, 0.5) is 0 Å². The minimum Gasteiger partial charge on any atom is -0.352 e. The van der Waals surface area contributed by atoms with Crippen LogP contribution in [0.1, 0.15) is 37.0 Å². The zero-order valence-corrected chi connectivity index (χ0v) is 16.2. The maximum Gasteiger partial charge on any atom is 0.251 e. The fourth-order valence-electron chi connectivity index (χ4n) is 3.08. The second-order valence-electron chi connectivity index (χ2n) is 6.86. The third-order valence-corrected chi connectivity index (χ3v) is 6.04. The largest absolute Gasteiger partial charge is 0.352 e. The van der Waals surface area contributed by atoms with E-state index in [1.54, 1.807) is 0 Å². The van der Waals surface area contributed by atoms with Crippen molar-refractivity contribution in [2.45, 2.75) is 37.6 Å². The molecule has 1 aliphatic rings. The molecule has 1 fully saturated rings. The fraction of sp³-hybridized carbons (Fsp3) is 0.526. The van der Waals surface area contributed by atoms with E-state index in [0.29, 0.717) is 24.1 Å². The first-order valence-electron chi connectivity index (χ1n) is 8.89. The summed E-state index contributed by atoms with van der Waals surface area (Å²) in [5.74, 6) is 2.48. The number of sulfonamides is 1. The van der Waals surface area contributed by atoms with Crippen LogP contribution in [0.3, 0.4) is 0 Å². The summed E-state index contributed by atoms with van der Waals surface area (Å²) in [6, 6.07) is 6.37. The van der Waals surface area contributed by atoms with Crippen molar-refractivity contribution in [3.05, 3.63) is 29.8 Å². The van der Waals surface area contributed by atoms with Crippen molar-refractivity contribution in [2.24, 2.45) is 5.92 Å². The molecular weight excluding hydrogens is 350 g/mol. The predicted molar refractivity (Wildman–Crippen MR) is 102 cm³/mol. The lowest BCUT2D eigenvalue weighted by Crippen LogP contribution is -2.43. The Hall–Kier alpha value is -1.88. The summed E-state index contributed by atoms with van der Waals surface area (Å²) in [6.07, 6.45) is 7.33. The number of hydrogen-bond acceptors (Lipinski definition) is 4. The molecule has 1 atom stereocenters. The summed E-state index contributed by atoms with van der Waals surface area (Å²) in [4.78, 5) is 14.8. The van der Waals surface area contributed by atoms with Gasteiger partial charge in [0.2, 0.25) is 10.0 Å². The molecule has 2 rings (SSSR count). The molecule has 1 aliphatic heterocycles. The molecule has 0 aliphatic carbocycles. The average molecular weight is 378 g/mol. The molecule has 1 heterocycles. The highest BCUT2D eigenvalue weighted by Crippen LogP contribution is 2.18. The van der Waals surface area contributed by atoms with Crippen LogP contribution in [-0.2, 0) is 10.0 Å². The number of carbonyl (C=O) groups is 1. The summed E-state index contributed by atoms with van der Waals surface area (Å²) >= 11 is 0. The summed E-state index contributed by atoms with van der Waals surface area (Å²) < 4.78 is 26.2. The van der Waals surface area contributed by atoms with Gasteiger partial charge >= 0.3 is 0 Å². The van der Waals surface area contributed by atoms with Gasteiger partial charge in [-0.1, -0.05) is 5.92 Å². The van der Waals surface area contributed by atoms with E-state index in [1.807, 2.05) is 0 Å². The molecule has 26 heavy (non-hydrogen) atoms. The van der Waals surface area contributed by atoms with Crippen LogP contribution in [0, 0.1) is 18.3 Å². The molecule has 0 spiro atoms. The van der Waals surface area contributed by atoms with Crippen LogP contribution < -0.4 is 10.0 Å². The van der Waals surface area contributed by atoms with Gasteiger partial charge in [0.05, 0.1) is 11.4 Å². The molecule has 0 aromatic heterocycles. The van der Waals surface area contributed by atoms with Gasteiger partial charge < -0.3 is 10.2 Å². The Morgan fingerprint density at radius 3 is 2.65 bits per heavy atom. The van der Waals surface area contributed by atoms with E-state index in [1.165, 1.54) is 24.3 Å². The first kappa shape index (κ1) is 20.4. The van der Waals surface area contributed by atoms with Crippen molar-refractivity contribution >= 4 is 15.9 Å². The molecule has 0 saturated carbocycles. The zero-order chi connectivity index (χ0) is 19.2. The van der Waals surface area contributed by atoms with E-state index >= 15 is 0 Å². The Morgan fingerprint density at radius 2 is 2.04 bits per heavy atom. The molecule has 2 N–H and O–H groups in total. The van der Waals surface area contributed by atoms with Crippen molar-refractivity contribution in [3.8, 4) is 12.3 Å². The molecule has 6 nitrogen and oxygen atoms in total. The van der Waals surface area contributed by atoms with Gasteiger partial charge in [-0.25, -0.2) is 8.42 Å². The minimum atomic E-state index is -3.64. The molecule has 1 unspecified atom stereocenters. The van der Waals surface area contributed by atoms with Crippen LogP contribution in [0.5, 0.6) is 0 Å². The lowest BCUT2D eigenvalue weighted by molar-refractivity contribution is 0.0922. The van der Waals surface area contributed by atoms with Crippen molar-refractivity contribution in [1.29, 1.82) is 0 Å². The number of terminal acetylenes is 1. The maximum atomic E-state index is 12.3. The van der Waals surface area contributed by atoms with Crippen LogP contribution in [-0.4, -0.2) is 51.4 Å². The highest BCUT2D eigenvalue weighted by atomic mass is 32.2. The van der Waals surface area contributed by atoms with E-state index in [2.05, 4.69) is 34.7 Å². The van der Waals surface area contributed by atoms with Crippen molar-refractivity contribution in [1.82, 2.24) is 14.9 Å². The van der Waals surface area contributed by atoms with Crippen LogP contribution in [0.15, 0.2) is 29.2 Å². The second kappa shape index (κ2) is 9.17. The van der Waals surface area contributed by atoms with Gasteiger partial charge in [0.25, 0.3) is 5.91 Å². The van der Waals surface area contributed by atoms with Crippen LogP contribution in [0.2, 0.25) is 0 Å². The van der Waals surface area contributed by atoms with Crippen molar-refractivity contribution in [2.75, 3.05) is 26.2 Å². The van der Waals surface area contributed by atoms with Crippen molar-refractivity contribution in [3.63, 3.8) is 0 Å². The number of likely N-dealkylation sites (tertiary alicyclic amines) is 1. The summed E-state index contributed by atoms with van der Waals surface area (Å²) in [5, 5.41) is 2.96. The predicted octanol–water partition coefficient (Wildman–Crippen LogP) is 1.45. The summed E-state index contributed by atoms with van der Waals surface area (Å²) in [5.41, 5.74) is 0.442. The van der Waals surface area contributed by atoms with Gasteiger partial charge in [0.15, 0.2) is 0 Å². The summed E-state index contributed by atoms with van der Waals surface area (Å²) in [6.45, 7) is 7.05. The molecular formula is C19H27N3O3S. The quantitative estimate of drug-likeness (QED) is 0.705. The van der Waals surface area contributed by atoms with E-state index < -0.39 is 10.0 Å². The highest BCUT2D eigenvalue weighted by Gasteiger charge is 2.22. The topological polar surface area (TPSA) is 78.5 Å². The second-order valence-corrected chi connectivity index (χ2v) is 8.63. The number of nitrogens with one attached hydrogen (secondary N) is 2. The van der Waals surface area contributed by atoms with E-state index in [0.717, 1.165) is 25.9 Å². The molecule has 1 aromatic carbocycles. The number of carbonyl (C=O) groups excluding carboxylic acids is 1. The lowest BCUT2D eigenvalue weighted by atomic mass is 9.97. The molecule has 1 saturated heterocycles. The number of amides is 1. The number of rotatable bonds is 7. The lowest BCUT2D eigenvalue weighted by Gasteiger charge is -2.35. The van der Waals surface area contributed by atoms with Gasteiger partial charge in [-0.15, -0.1) is 6.42 Å². The standard InChI is InChI=1S/C19H27N3O3S/c1-4-11-21-26(24,25)18-9-7-17(8-10-18)19(23)20-13-16-6-5-12-22(14-16)15(2)3/h1,7-10,15-16,21H,5-6,11-14H2,2-3H3,(H,20,23). The van der Waals surface area contributed by atoms with Gasteiger partial charge in [-0.3, -0.25) is 4.79 Å². The highest BCUT2D eigenvalue weighted by molar-refractivity contribution is 7.89. The Labute approximate surface area is 156 Å². The average Bonchev–Trinajstić information content (AvgIpc) is 2.64. The van der Waals surface area contributed by atoms with Crippen LogP contribution >= 0.6 is 0 Å². The number of benzene rings is 1. The molecule has 1 aromatic rings. The number of hydrogen-bond donors (Lipinski definition) is 2. The molecule has 7 heteroatoms. The fourth-order valence-corrected chi connectivity index (χ4v) is 4.01. The van der Waals surface area contributed by atoms with Gasteiger partial charge in [-0.05, 0) is 63.4 Å². The normalized spacial score (nSPS) is 18.5. The Morgan fingerprint density at radius 1 is 1.35 bits per heavy atom. The molecule has 0 radical (unpaired) electrons. The molecule has 0 bridgehead atoms. The van der Waals surface area contributed by atoms with Gasteiger partial charge in [-0.2, -0.15) is 4.72 Å². The zero-order valence-electron chi connectivity index (χ0n) is 15.4. The summed E-state index contributed by atoms with van der Waals surface area (Å²) in [7, 11) is -3.64. The van der Waals surface area contributed by atoms with Gasteiger partial charge in [0.1, 0.15) is 0 Å². The Balaban J connectivity index is 1.91. The maximum absolute atomic E-state index is 12.3. The first-order valence-corrected chi connectivity index (χ1v) is 10.4. The molecule has 142 valence electrons. The monoisotopic (exact) mass is 377 g/mol. The van der Waals surface area contributed by atoms with Gasteiger partial charge in [0, 0.05) is 24.7 Å². The third kappa shape index (κ3) is 5.56. The molecule has 1 amide bonds. The first-order chi connectivity index (χ1) is 12.3. The van der Waals surface area contributed by atoms with Crippen LogP contribution in [0.25, 0.3) is 0 Å². The SMILES string of the molecule is C#CCNS(=O)(=O)c1ccc(C(=O)NCC2CCCN(C(C)C)C2)cc1. The third-order valence-electron chi connectivity index (χ3n) is 4.62. The van der Waals surface area contributed by atoms with E-state index in [4.69, 9.17) is 6.42 Å². The minimum absolute atomic E-state index is 0.0701. The number of piperidine rings is 1. The van der Waals surface area contributed by atoms with E-state index in [-0.39, 0.29) is 17.3 Å². The smallest absolute Gasteiger partial charge is 0.251 e. The van der Waals surface area contributed by atoms with E-state index in [9.17, 15) is 13.2 Å². The Kier molecular flexibility index (Phi) is 7.21.